The molecule has 0 saturated carbocycles. The van der Waals surface area contributed by atoms with Gasteiger partial charge in [-0.05, 0) is 55.1 Å². The Morgan fingerprint density at radius 1 is 1.33 bits per heavy atom. The number of fused-ring (bicyclic) bond motifs is 1. The molecule has 0 atom stereocenters. The second kappa shape index (κ2) is 5.82. The molecule has 21 heavy (non-hydrogen) atoms. The molecule has 0 spiro atoms. The average molecular weight is 285 g/mol. The molecule has 0 unspecified atom stereocenters. The van der Waals surface area contributed by atoms with Crippen LogP contribution in [0.25, 0.3) is 10.9 Å². The van der Waals surface area contributed by atoms with Gasteiger partial charge in [0.25, 0.3) is 0 Å². The minimum absolute atomic E-state index is 0.0449. The third kappa shape index (κ3) is 3.79. The topological polar surface area (TPSA) is 68.0 Å². The molecule has 0 bridgehead atoms. The van der Waals surface area contributed by atoms with Crippen molar-refractivity contribution in [3.05, 3.63) is 35.5 Å². The van der Waals surface area contributed by atoms with Crippen LogP contribution in [0.4, 0.5) is 5.69 Å². The van der Waals surface area contributed by atoms with Crippen molar-refractivity contribution in [2.75, 3.05) is 11.9 Å². The summed E-state index contributed by atoms with van der Waals surface area (Å²) in [6.45, 7) is 8.50. The number of carbonyl (C=O) groups excluding carboxylic acids is 1. The van der Waals surface area contributed by atoms with Crippen LogP contribution >= 0.6 is 0 Å². The lowest BCUT2D eigenvalue weighted by Gasteiger charge is -2.22. The standard InChI is InChI=1S/C17H23N3O/c1-11-7-14(9-17(3,4)10-18)20-16-6-5-13(8-15(11)16)19-12(2)21/h5-8H,9-10,18H2,1-4H3,(H,19,21). The van der Waals surface area contributed by atoms with Crippen LogP contribution in [0, 0.1) is 12.3 Å². The summed E-state index contributed by atoms with van der Waals surface area (Å²) in [6.07, 6.45) is 0.855. The minimum Gasteiger partial charge on any atom is -0.330 e. The molecule has 0 aliphatic heterocycles. The van der Waals surface area contributed by atoms with E-state index in [1.54, 1.807) is 0 Å². The lowest BCUT2D eigenvalue weighted by molar-refractivity contribution is -0.114. The number of nitrogens with zero attached hydrogens (tertiary/aromatic N) is 1. The Morgan fingerprint density at radius 2 is 2.05 bits per heavy atom. The fourth-order valence-corrected chi connectivity index (χ4v) is 2.40. The number of anilines is 1. The Morgan fingerprint density at radius 3 is 2.67 bits per heavy atom. The van der Waals surface area contributed by atoms with Crippen molar-refractivity contribution in [2.45, 2.75) is 34.1 Å². The van der Waals surface area contributed by atoms with Gasteiger partial charge >= 0.3 is 0 Å². The van der Waals surface area contributed by atoms with Crippen LogP contribution in [0.1, 0.15) is 32.0 Å². The first kappa shape index (κ1) is 15.4. The third-order valence-electron chi connectivity index (χ3n) is 3.60. The Kier molecular flexibility index (Phi) is 4.28. The van der Waals surface area contributed by atoms with E-state index >= 15 is 0 Å². The molecule has 0 aliphatic rings. The van der Waals surface area contributed by atoms with Gasteiger partial charge in [0, 0.05) is 23.7 Å². The lowest BCUT2D eigenvalue weighted by Crippen LogP contribution is -2.26. The summed E-state index contributed by atoms with van der Waals surface area (Å²) in [5.74, 6) is -0.0683. The summed E-state index contributed by atoms with van der Waals surface area (Å²) in [5, 5.41) is 3.87. The van der Waals surface area contributed by atoms with E-state index < -0.39 is 0 Å². The third-order valence-corrected chi connectivity index (χ3v) is 3.60. The van der Waals surface area contributed by atoms with Crippen molar-refractivity contribution in [2.24, 2.45) is 11.1 Å². The number of nitrogens with one attached hydrogen (secondary N) is 1. The number of aryl methyl sites for hydroxylation is 1. The first-order valence-corrected chi connectivity index (χ1v) is 7.19. The Bertz CT molecular complexity index is 677. The normalized spacial score (nSPS) is 11.7. The number of hydrogen-bond donors (Lipinski definition) is 2. The first-order valence-electron chi connectivity index (χ1n) is 7.19. The molecule has 1 aromatic carbocycles. The van der Waals surface area contributed by atoms with Gasteiger partial charge in [0.05, 0.1) is 5.52 Å². The molecule has 1 amide bonds. The van der Waals surface area contributed by atoms with Crippen LogP contribution in [-0.2, 0) is 11.2 Å². The highest BCUT2D eigenvalue weighted by atomic mass is 16.1. The van der Waals surface area contributed by atoms with Gasteiger partial charge in [0.1, 0.15) is 0 Å². The predicted octanol–water partition coefficient (Wildman–Crippen LogP) is 3.03. The number of carbonyl (C=O) groups is 1. The molecule has 2 rings (SSSR count). The summed E-state index contributed by atoms with van der Waals surface area (Å²) in [6, 6.07) is 7.91. The van der Waals surface area contributed by atoms with Gasteiger partial charge in [-0.15, -0.1) is 0 Å². The first-order chi connectivity index (χ1) is 9.80. The zero-order chi connectivity index (χ0) is 15.6. The zero-order valence-corrected chi connectivity index (χ0v) is 13.2. The van der Waals surface area contributed by atoms with Crippen LogP contribution < -0.4 is 11.1 Å². The van der Waals surface area contributed by atoms with Gasteiger partial charge in [-0.1, -0.05) is 13.8 Å². The number of amides is 1. The average Bonchev–Trinajstić information content (AvgIpc) is 2.38. The molecule has 0 aliphatic carbocycles. The van der Waals surface area contributed by atoms with Gasteiger partial charge in [0.2, 0.25) is 5.91 Å². The van der Waals surface area contributed by atoms with Crippen LogP contribution in [0.3, 0.4) is 0 Å². The largest absolute Gasteiger partial charge is 0.330 e. The zero-order valence-electron chi connectivity index (χ0n) is 13.2. The van der Waals surface area contributed by atoms with E-state index in [0.29, 0.717) is 6.54 Å². The SMILES string of the molecule is CC(=O)Nc1ccc2nc(CC(C)(C)CN)cc(C)c2c1. The number of hydrogen-bond acceptors (Lipinski definition) is 3. The quantitative estimate of drug-likeness (QED) is 0.907. The molecule has 1 heterocycles. The van der Waals surface area contributed by atoms with Crippen LogP contribution in [0.2, 0.25) is 0 Å². The van der Waals surface area contributed by atoms with E-state index in [-0.39, 0.29) is 11.3 Å². The summed E-state index contributed by atoms with van der Waals surface area (Å²) in [4.78, 5) is 15.9. The van der Waals surface area contributed by atoms with Gasteiger partial charge in [-0.3, -0.25) is 9.78 Å². The molecule has 1 aromatic heterocycles. The molecule has 112 valence electrons. The van der Waals surface area contributed by atoms with E-state index in [9.17, 15) is 4.79 Å². The van der Waals surface area contributed by atoms with Crippen LogP contribution in [-0.4, -0.2) is 17.4 Å². The van der Waals surface area contributed by atoms with Crippen molar-refractivity contribution in [3.63, 3.8) is 0 Å². The Balaban J connectivity index is 2.41. The highest BCUT2D eigenvalue weighted by Gasteiger charge is 2.17. The van der Waals surface area contributed by atoms with E-state index in [2.05, 4.69) is 32.2 Å². The van der Waals surface area contributed by atoms with Crippen molar-refractivity contribution in [1.29, 1.82) is 0 Å². The van der Waals surface area contributed by atoms with Crippen molar-refractivity contribution in [3.8, 4) is 0 Å². The van der Waals surface area contributed by atoms with E-state index in [1.807, 2.05) is 18.2 Å². The highest BCUT2D eigenvalue weighted by molar-refractivity contribution is 5.93. The molecule has 4 nitrogen and oxygen atoms in total. The molecule has 2 aromatic rings. The second-order valence-electron chi connectivity index (χ2n) is 6.39. The summed E-state index contributed by atoms with van der Waals surface area (Å²) < 4.78 is 0. The summed E-state index contributed by atoms with van der Waals surface area (Å²) in [5.41, 5.74) is 9.82. The van der Waals surface area contributed by atoms with E-state index in [1.165, 1.54) is 6.92 Å². The van der Waals surface area contributed by atoms with Crippen molar-refractivity contribution < 1.29 is 4.79 Å². The molecule has 0 fully saturated rings. The molecular weight excluding hydrogens is 262 g/mol. The molecule has 0 radical (unpaired) electrons. The monoisotopic (exact) mass is 285 g/mol. The Labute approximate surface area is 125 Å². The smallest absolute Gasteiger partial charge is 0.221 e. The maximum absolute atomic E-state index is 11.1. The lowest BCUT2D eigenvalue weighted by atomic mass is 9.87. The predicted molar refractivity (Wildman–Crippen MR) is 87.3 cm³/mol. The van der Waals surface area contributed by atoms with Gasteiger partial charge in [0.15, 0.2) is 0 Å². The Hall–Kier alpha value is -1.94. The fourth-order valence-electron chi connectivity index (χ4n) is 2.40. The van der Waals surface area contributed by atoms with Crippen LogP contribution in [0.15, 0.2) is 24.3 Å². The summed E-state index contributed by atoms with van der Waals surface area (Å²) in [7, 11) is 0. The number of rotatable bonds is 4. The molecular formula is C17H23N3O. The number of pyridine rings is 1. The number of benzene rings is 1. The molecule has 0 saturated heterocycles. The van der Waals surface area contributed by atoms with Crippen molar-refractivity contribution >= 4 is 22.5 Å². The van der Waals surface area contributed by atoms with E-state index in [0.717, 1.165) is 34.3 Å². The highest BCUT2D eigenvalue weighted by Crippen LogP contribution is 2.25. The fraction of sp³-hybridized carbons (Fsp3) is 0.412. The number of aromatic nitrogens is 1. The van der Waals surface area contributed by atoms with Crippen LogP contribution in [0.5, 0.6) is 0 Å². The maximum Gasteiger partial charge on any atom is 0.221 e. The van der Waals surface area contributed by atoms with Gasteiger partial charge < -0.3 is 11.1 Å². The second-order valence-corrected chi connectivity index (χ2v) is 6.39. The maximum atomic E-state index is 11.1. The van der Waals surface area contributed by atoms with E-state index in [4.69, 9.17) is 10.7 Å². The van der Waals surface area contributed by atoms with Gasteiger partial charge in [-0.25, -0.2) is 0 Å². The summed E-state index contributed by atoms with van der Waals surface area (Å²) >= 11 is 0. The molecule has 4 heteroatoms. The minimum atomic E-state index is -0.0683. The van der Waals surface area contributed by atoms with Gasteiger partial charge in [-0.2, -0.15) is 0 Å². The number of nitrogens with two attached hydrogens (primary N) is 1. The molecule has 3 N–H and O–H groups in total. The van der Waals surface area contributed by atoms with Crippen molar-refractivity contribution in [1.82, 2.24) is 4.98 Å².